The van der Waals surface area contributed by atoms with E-state index in [2.05, 4.69) is 57.7 Å². The molecule has 1 fully saturated rings. The molecular weight excluding hydrogens is 249 g/mol. The van der Waals surface area contributed by atoms with Crippen LogP contribution in [0.3, 0.4) is 0 Å². The van der Waals surface area contributed by atoms with E-state index in [4.69, 9.17) is 9.31 Å². The second-order valence-electron chi connectivity index (χ2n) is 6.81. The van der Waals surface area contributed by atoms with Crippen molar-refractivity contribution < 1.29 is 9.31 Å². The summed E-state index contributed by atoms with van der Waals surface area (Å²) in [6.07, 6.45) is 1.15. The number of fused-ring (bicyclic) bond motifs is 1. The molecule has 108 valence electrons. The average molecular weight is 273 g/mol. The van der Waals surface area contributed by atoms with Gasteiger partial charge in [0.15, 0.2) is 0 Å². The Morgan fingerprint density at radius 3 is 2.40 bits per heavy atom. The molecule has 0 aromatic heterocycles. The maximum absolute atomic E-state index is 6.14. The smallest absolute Gasteiger partial charge is 0.399 e. The van der Waals surface area contributed by atoms with E-state index in [-0.39, 0.29) is 18.3 Å². The molecule has 0 amide bonds. The Balaban J connectivity index is 1.90. The van der Waals surface area contributed by atoms with Gasteiger partial charge in [-0.2, -0.15) is 0 Å². The van der Waals surface area contributed by atoms with Crippen molar-refractivity contribution in [2.75, 3.05) is 18.0 Å². The normalized spacial score (nSPS) is 23.2. The number of rotatable bonds is 2. The van der Waals surface area contributed by atoms with Crippen molar-refractivity contribution in [2.45, 2.75) is 52.2 Å². The number of likely N-dealkylation sites (N-methyl/N-ethyl adjacent to an activating group) is 1. The zero-order valence-electron chi connectivity index (χ0n) is 13.2. The molecule has 0 N–H and O–H groups in total. The van der Waals surface area contributed by atoms with Gasteiger partial charge >= 0.3 is 7.12 Å². The highest BCUT2D eigenvalue weighted by Crippen LogP contribution is 2.37. The molecule has 0 spiro atoms. The van der Waals surface area contributed by atoms with Crippen LogP contribution in [0.1, 0.15) is 40.2 Å². The van der Waals surface area contributed by atoms with Crippen LogP contribution in [0.15, 0.2) is 18.2 Å². The molecular formula is C16H24BNO2. The van der Waals surface area contributed by atoms with Gasteiger partial charge in [0.1, 0.15) is 0 Å². The van der Waals surface area contributed by atoms with Gasteiger partial charge in [-0.1, -0.05) is 12.1 Å². The predicted octanol–water partition coefficient (Wildman–Crippen LogP) is 2.37. The second kappa shape index (κ2) is 4.50. The molecule has 0 unspecified atom stereocenters. The van der Waals surface area contributed by atoms with Gasteiger partial charge in [0.2, 0.25) is 0 Å². The van der Waals surface area contributed by atoms with Crippen LogP contribution in [0, 0.1) is 0 Å². The van der Waals surface area contributed by atoms with Crippen LogP contribution >= 0.6 is 0 Å². The van der Waals surface area contributed by atoms with Crippen LogP contribution in [0.4, 0.5) is 5.69 Å². The van der Waals surface area contributed by atoms with E-state index in [1.54, 1.807) is 0 Å². The first-order chi connectivity index (χ1) is 9.34. The third kappa shape index (κ3) is 2.06. The number of nitrogens with zero attached hydrogens (tertiary/aromatic N) is 1. The van der Waals surface area contributed by atoms with E-state index >= 15 is 0 Å². The van der Waals surface area contributed by atoms with E-state index in [1.165, 1.54) is 11.3 Å². The summed E-state index contributed by atoms with van der Waals surface area (Å²) in [6.45, 7) is 12.8. The maximum atomic E-state index is 6.14. The SMILES string of the molecule is CCN1CCc2ccc(B3OC(C)(C)C(C)(C)O3)cc21. The van der Waals surface area contributed by atoms with Gasteiger partial charge in [-0.15, -0.1) is 0 Å². The Morgan fingerprint density at radius 2 is 1.80 bits per heavy atom. The fourth-order valence-corrected chi connectivity index (χ4v) is 2.92. The first kappa shape index (κ1) is 14.0. The molecule has 0 saturated carbocycles. The third-order valence-electron chi connectivity index (χ3n) is 5.01. The molecule has 1 aromatic carbocycles. The summed E-state index contributed by atoms with van der Waals surface area (Å²) in [7, 11) is -0.260. The zero-order valence-corrected chi connectivity index (χ0v) is 13.2. The van der Waals surface area contributed by atoms with Gasteiger partial charge in [0.05, 0.1) is 11.2 Å². The molecule has 20 heavy (non-hydrogen) atoms. The number of benzene rings is 1. The second-order valence-corrected chi connectivity index (χ2v) is 6.81. The summed E-state index contributed by atoms with van der Waals surface area (Å²) >= 11 is 0. The first-order valence-corrected chi connectivity index (χ1v) is 7.57. The largest absolute Gasteiger partial charge is 0.494 e. The van der Waals surface area contributed by atoms with Gasteiger partial charge < -0.3 is 14.2 Å². The Morgan fingerprint density at radius 1 is 1.15 bits per heavy atom. The van der Waals surface area contributed by atoms with Gasteiger partial charge in [0, 0.05) is 18.8 Å². The van der Waals surface area contributed by atoms with Crippen LogP contribution in [0.2, 0.25) is 0 Å². The lowest BCUT2D eigenvalue weighted by Crippen LogP contribution is -2.41. The molecule has 0 atom stereocenters. The van der Waals surface area contributed by atoms with Crippen molar-refractivity contribution >= 4 is 18.3 Å². The zero-order chi connectivity index (χ0) is 14.5. The van der Waals surface area contributed by atoms with E-state index in [9.17, 15) is 0 Å². The summed E-state index contributed by atoms with van der Waals surface area (Å²) in [5, 5.41) is 0. The molecule has 2 aliphatic heterocycles. The average Bonchev–Trinajstić information content (AvgIpc) is 2.87. The molecule has 1 aromatic rings. The van der Waals surface area contributed by atoms with Crippen LogP contribution in [-0.2, 0) is 15.7 Å². The van der Waals surface area contributed by atoms with E-state index < -0.39 is 0 Å². The fourth-order valence-electron chi connectivity index (χ4n) is 2.92. The Hall–Kier alpha value is -0.995. The Labute approximate surface area is 122 Å². The van der Waals surface area contributed by atoms with Crippen molar-refractivity contribution in [3.63, 3.8) is 0 Å². The van der Waals surface area contributed by atoms with Crippen LogP contribution in [-0.4, -0.2) is 31.4 Å². The lowest BCUT2D eigenvalue weighted by molar-refractivity contribution is 0.00578. The topological polar surface area (TPSA) is 21.7 Å². The van der Waals surface area contributed by atoms with Crippen LogP contribution in [0.5, 0.6) is 0 Å². The molecule has 3 nitrogen and oxygen atoms in total. The highest BCUT2D eigenvalue weighted by Gasteiger charge is 2.51. The van der Waals surface area contributed by atoms with Gasteiger partial charge in [0.25, 0.3) is 0 Å². The summed E-state index contributed by atoms with van der Waals surface area (Å²) in [5.41, 5.74) is 3.36. The van der Waals surface area contributed by atoms with E-state index in [0.717, 1.165) is 25.0 Å². The van der Waals surface area contributed by atoms with E-state index in [1.807, 2.05) is 0 Å². The highest BCUT2D eigenvalue weighted by atomic mass is 16.7. The van der Waals surface area contributed by atoms with Crippen molar-refractivity contribution in [3.05, 3.63) is 23.8 Å². The van der Waals surface area contributed by atoms with Gasteiger partial charge in [-0.05, 0) is 58.1 Å². The molecule has 0 aliphatic carbocycles. The number of hydrogen-bond donors (Lipinski definition) is 0. The number of hydrogen-bond acceptors (Lipinski definition) is 3. The molecule has 2 aliphatic rings. The minimum absolute atomic E-state index is 0.260. The Bertz CT molecular complexity index is 511. The minimum Gasteiger partial charge on any atom is -0.399 e. The quantitative estimate of drug-likeness (QED) is 0.772. The molecule has 2 heterocycles. The lowest BCUT2D eigenvalue weighted by Gasteiger charge is -2.32. The number of anilines is 1. The predicted molar refractivity (Wildman–Crippen MR) is 83.7 cm³/mol. The third-order valence-corrected chi connectivity index (χ3v) is 5.01. The molecule has 0 bridgehead atoms. The summed E-state index contributed by atoms with van der Waals surface area (Å²) in [5.74, 6) is 0. The van der Waals surface area contributed by atoms with Gasteiger partial charge in [-0.25, -0.2) is 0 Å². The highest BCUT2D eigenvalue weighted by molar-refractivity contribution is 6.62. The van der Waals surface area contributed by atoms with Crippen molar-refractivity contribution in [1.29, 1.82) is 0 Å². The fraction of sp³-hybridized carbons (Fsp3) is 0.625. The van der Waals surface area contributed by atoms with Crippen LogP contribution < -0.4 is 10.4 Å². The van der Waals surface area contributed by atoms with Crippen molar-refractivity contribution in [2.24, 2.45) is 0 Å². The molecule has 3 rings (SSSR count). The summed E-state index contributed by atoms with van der Waals surface area (Å²) in [4.78, 5) is 2.42. The standard InChI is InChI=1S/C16H24BNO2/c1-6-18-10-9-12-7-8-13(11-14(12)18)17-19-15(2,3)16(4,5)20-17/h7-8,11H,6,9-10H2,1-5H3. The monoisotopic (exact) mass is 273 g/mol. The van der Waals surface area contributed by atoms with Crippen LogP contribution in [0.25, 0.3) is 0 Å². The maximum Gasteiger partial charge on any atom is 0.494 e. The lowest BCUT2D eigenvalue weighted by atomic mass is 9.78. The summed E-state index contributed by atoms with van der Waals surface area (Å²) in [6, 6.07) is 6.62. The first-order valence-electron chi connectivity index (χ1n) is 7.57. The molecule has 4 heteroatoms. The molecule has 1 saturated heterocycles. The van der Waals surface area contributed by atoms with E-state index in [0.29, 0.717) is 0 Å². The van der Waals surface area contributed by atoms with Crippen molar-refractivity contribution in [1.82, 2.24) is 0 Å². The summed E-state index contributed by atoms with van der Waals surface area (Å²) < 4.78 is 12.3. The Kier molecular flexibility index (Phi) is 3.14. The molecule has 0 radical (unpaired) electrons. The van der Waals surface area contributed by atoms with Crippen molar-refractivity contribution in [3.8, 4) is 0 Å². The minimum atomic E-state index is -0.277. The van der Waals surface area contributed by atoms with Gasteiger partial charge in [-0.3, -0.25) is 0 Å².